The lowest BCUT2D eigenvalue weighted by atomic mass is 10.0. The van der Waals surface area contributed by atoms with Crippen LogP contribution in [-0.4, -0.2) is 18.1 Å². The zero-order valence-corrected chi connectivity index (χ0v) is 22.5. The molecule has 5 aromatic carbocycles. The van der Waals surface area contributed by atoms with Crippen molar-refractivity contribution >= 4 is 52.1 Å². The van der Waals surface area contributed by atoms with Crippen LogP contribution in [0.25, 0.3) is 10.8 Å². The molecule has 0 saturated heterocycles. The molecule has 0 aliphatic heterocycles. The van der Waals surface area contributed by atoms with E-state index in [1.807, 2.05) is 42.5 Å². The summed E-state index contributed by atoms with van der Waals surface area (Å²) < 4.78 is 11.5. The summed E-state index contributed by atoms with van der Waals surface area (Å²) >= 11 is 11.8. The second-order valence-corrected chi connectivity index (χ2v) is 9.61. The van der Waals surface area contributed by atoms with Crippen LogP contribution < -0.4 is 14.9 Å². The van der Waals surface area contributed by atoms with Crippen LogP contribution in [0.4, 0.5) is 0 Å². The quantitative estimate of drug-likeness (QED) is 0.0899. The summed E-state index contributed by atoms with van der Waals surface area (Å²) in [5.41, 5.74) is 4.82. The largest absolute Gasteiger partial charge is 0.489 e. The number of hydrogen-bond acceptors (Lipinski definition) is 5. The van der Waals surface area contributed by atoms with Gasteiger partial charge < -0.3 is 9.47 Å². The lowest BCUT2D eigenvalue weighted by Gasteiger charge is -2.11. The molecule has 5 rings (SSSR count). The summed E-state index contributed by atoms with van der Waals surface area (Å²) in [6.45, 7) is 0.378. The van der Waals surface area contributed by atoms with Gasteiger partial charge in [-0.2, -0.15) is 5.10 Å². The molecule has 0 atom stereocenters. The Kier molecular flexibility index (Phi) is 8.40. The monoisotopic (exact) mass is 568 g/mol. The molecule has 0 spiro atoms. The number of hydrazone groups is 1. The van der Waals surface area contributed by atoms with Crippen molar-refractivity contribution in [3.8, 4) is 11.5 Å². The summed E-state index contributed by atoms with van der Waals surface area (Å²) in [4.78, 5) is 25.5. The lowest BCUT2D eigenvalue weighted by Crippen LogP contribution is -2.17. The average Bonchev–Trinajstić information content (AvgIpc) is 2.98. The third-order valence-electron chi connectivity index (χ3n) is 6.01. The second-order valence-electron chi connectivity index (χ2n) is 8.73. The Morgan fingerprint density at radius 1 is 0.750 bits per heavy atom. The number of amides is 1. The highest BCUT2D eigenvalue weighted by atomic mass is 35.5. The molecule has 40 heavy (non-hydrogen) atoms. The van der Waals surface area contributed by atoms with Crippen LogP contribution in [0.2, 0.25) is 10.0 Å². The van der Waals surface area contributed by atoms with Gasteiger partial charge in [0, 0.05) is 21.2 Å². The Morgan fingerprint density at radius 2 is 1.40 bits per heavy atom. The van der Waals surface area contributed by atoms with Crippen molar-refractivity contribution in [2.75, 3.05) is 0 Å². The molecule has 0 saturated carbocycles. The summed E-state index contributed by atoms with van der Waals surface area (Å²) in [6.07, 6.45) is 1.47. The van der Waals surface area contributed by atoms with Crippen LogP contribution in [0.15, 0.2) is 114 Å². The smallest absolute Gasteiger partial charge is 0.343 e. The minimum atomic E-state index is -0.538. The van der Waals surface area contributed by atoms with E-state index in [0.29, 0.717) is 44.8 Å². The van der Waals surface area contributed by atoms with E-state index in [9.17, 15) is 9.59 Å². The Bertz CT molecular complexity index is 1680. The molecule has 0 aromatic heterocycles. The predicted molar refractivity (Wildman–Crippen MR) is 158 cm³/mol. The van der Waals surface area contributed by atoms with Gasteiger partial charge in [-0.25, -0.2) is 10.2 Å². The number of hydrogen-bond donors (Lipinski definition) is 1. The van der Waals surface area contributed by atoms with Crippen LogP contribution in [0.1, 0.15) is 31.8 Å². The van der Waals surface area contributed by atoms with Gasteiger partial charge in [-0.05, 0) is 83.1 Å². The standard InChI is InChI=1S/C32H22Cl2N2O4/c33-25-12-5-21(6-13-25)20-39-27-16-9-23(10-17-27)31(37)36-35-19-29-28-4-2-1-3-22(28)11-18-30(29)40-32(38)24-7-14-26(34)15-8-24/h1-19H,20H2,(H,36,37). The topological polar surface area (TPSA) is 77.0 Å². The molecule has 1 N–H and O–H groups in total. The van der Waals surface area contributed by atoms with Crippen molar-refractivity contribution in [3.05, 3.63) is 141 Å². The molecule has 0 heterocycles. The van der Waals surface area contributed by atoms with E-state index in [2.05, 4.69) is 10.5 Å². The van der Waals surface area contributed by atoms with E-state index in [1.54, 1.807) is 66.7 Å². The first-order chi connectivity index (χ1) is 19.5. The Hall–Kier alpha value is -4.65. The molecule has 8 heteroatoms. The highest BCUT2D eigenvalue weighted by Crippen LogP contribution is 2.27. The summed E-state index contributed by atoms with van der Waals surface area (Å²) in [6, 6.07) is 31.7. The van der Waals surface area contributed by atoms with E-state index < -0.39 is 11.9 Å². The third-order valence-corrected chi connectivity index (χ3v) is 6.51. The van der Waals surface area contributed by atoms with E-state index in [1.165, 1.54) is 6.21 Å². The maximum atomic E-state index is 12.8. The Morgan fingerprint density at radius 3 is 2.12 bits per heavy atom. The molecule has 0 aliphatic carbocycles. The van der Waals surface area contributed by atoms with E-state index >= 15 is 0 Å². The van der Waals surface area contributed by atoms with Gasteiger partial charge in [0.2, 0.25) is 0 Å². The van der Waals surface area contributed by atoms with Crippen molar-refractivity contribution in [2.45, 2.75) is 6.61 Å². The highest BCUT2D eigenvalue weighted by molar-refractivity contribution is 6.30. The van der Waals surface area contributed by atoms with Gasteiger partial charge in [0.1, 0.15) is 18.1 Å². The van der Waals surface area contributed by atoms with Crippen LogP contribution in [0.3, 0.4) is 0 Å². The first-order valence-corrected chi connectivity index (χ1v) is 13.0. The molecule has 0 radical (unpaired) electrons. The number of rotatable bonds is 8. The summed E-state index contributed by atoms with van der Waals surface area (Å²) in [5, 5.41) is 7.07. The fraction of sp³-hybridized carbons (Fsp3) is 0.0312. The first-order valence-electron chi connectivity index (χ1n) is 12.3. The fourth-order valence-corrected chi connectivity index (χ4v) is 4.16. The van der Waals surface area contributed by atoms with Gasteiger partial charge in [0.25, 0.3) is 5.91 Å². The predicted octanol–water partition coefficient (Wildman–Crippen LogP) is 7.71. The van der Waals surface area contributed by atoms with Crippen LogP contribution in [0.5, 0.6) is 11.5 Å². The Balaban J connectivity index is 1.28. The summed E-state index contributed by atoms with van der Waals surface area (Å²) in [5.74, 6) is -0.0128. The SMILES string of the molecule is O=C(NN=Cc1c(OC(=O)c2ccc(Cl)cc2)ccc2ccccc12)c1ccc(OCc2ccc(Cl)cc2)cc1. The lowest BCUT2D eigenvalue weighted by molar-refractivity contribution is 0.0734. The van der Waals surface area contributed by atoms with Gasteiger partial charge in [0.05, 0.1) is 11.8 Å². The number of nitrogens with zero attached hydrogens (tertiary/aromatic N) is 1. The first kappa shape index (κ1) is 26.9. The van der Waals surface area contributed by atoms with Crippen molar-refractivity contribution < 1.29 is 19.1 Å². The number of halogens is 2. The van der Waals surface area contributed by atoms with Gasteiger partial charge in [-0.3, -0.25) is 4.79 Å². The maximum Gasteiger partial charge on any atom is 0.343 e. The van der Waals surface area contributed by atoms with E-state index in [-0.39, 0.29) is 0 Å². The third kappa shape index (κ3) is 6.67. The zero-order chi connectivity index (χ0) is 27.9. The van der Waals surface area contributed by atoms with Gasteiger partial charge >= 0.3 is 5.97 Å². The van der Waals surface area contributed by atoms with E-state index in [4.69, 9.17) is 32.7 Å². The van der Waals surface area contributed by atoms with Gasteiger partial charge in [0.15, 0.2) is 0 Å². The van der Waals surface area contributed by atoms with E-state index in [0.717, 1.165) is 16.3 Å². The average molecular weight is 569 g/mol. The number of carbonyl (C=O) groups is 2. The van der Waals surface area contributed by atoms with Crippen molar-refractivity contribution in [1.82, 2.24) is 5.43 Å². The molecule has 0 unspecified atom stereocenters. The Labute approximate surface area is 240 Å². The number of fused-ring (bicyclic) bond motifs is 1. The molecular weight excluding hydrogens is 547 g/mol. The number of esters is 1. The molecule has 1 amide bonds. The minimum absolute atomic E-state index is 0.304. The van der Waals surface area contributed by atoms with Gasteiger partial charge in [-0.1, -0.05) is 65.7 Å². The van der Waals surface area contributed by atoms with Crippen molar-refractivity contribution in [3.63, 3.8) is 0 Å². The fourth-order valence-electron chi connectivity index (χ4n) is 3.91. The van der Waals surface area contributed by atoms with Crippen molar-refractivity contribution in [2.24, 2.45) is 5.10 Å². The number of ether oxygens (including phenoxy) is 2. The molecular formula is C32H22Cl2N2O4. The molecule has 0 fully saturated rings. The molecule has 0 bridgehead atoms. The molecule has 5 aromatic rings. The molecule has 6 nitrogen and oxygen atoms in total. The number of benzene rings is 5. The minimum Gasteiger partial charge on any atom is -0.489 e. The van der Waals surface area contributed by atoms with Gasteiger partial charge in [-0.15, -0.1) is 0 Å². The second kappa shape index (κ2) is 12.5. The highest BCUT2D eigenvalue weighted by Gasteiger charge is 2.14. The van der Waals surface area contributed by atoms with Crippen LogP contribution in [-0.2, 0) is 6.61 Å². The summed E-state index contributed by atoms with van der Waals surface area (Å²) in [7, 11) is 0. The number of nitrogens with one attached hydrogen (secondary N) is 1. The number of carbonyl (C=O) groups excluding carboxylic acids is 2. The van der Waals surface area contributed by atoms with Crippen LogP contribution in [0, 0.1) is 0 Å². The maximum absolute atomic E-state index is 12.8. The zero-order valence-electron chi connectivity index (χ0n) is 21.0. The normalized spacial score (nSPS) is 10.9. The molecule has 198 valence electrons. The van der Waals surface area contributed by atoms with Crippen molar-refractivity contribution in [1.29, 1.82) is 0 Å². The molecule has 0 aliphatic rings. The van der Waals surface area contributed by atoms with Crippen LogP contribution >= 0.6 is 23.2 Å².